The highest BCUT2D eigenvalue weighted by atomic mass is 35.5. The Morgan fingerprint density at radius 2 is 2.13 bits per heavy atom. The van der Waals surface area contributed by atoms with E-state index in [9.17, 15) is 4.79 Å². The molecule has 1 heterocycles. The number of benzene rings is 1. The third-order valence-corrected chi connectivity index (χ3v) is 2.33. The van der Waals surface area contributed by atoms with Gasteiger partial charge in [-0.1, -0.05) is 17.7 Å². The van der Waals surface area contributed by atoms with E-state index >= 15 is 0 Å². The highest BCUT2D eigenvalue weighted by molar-refractivity contribution is 6.36. The first kappa shape index (κ1) is 10.2. The molecule has 0 saturated carbocycles. The van der Waals surface area contributed by atoms with Crippen LogP contribution in [0.1, 0.15) is 29.8 Å². The second-order valence-electron chi connectivity index (χ2n) is 3.58. The number of cyclic esters (lactones) is 1. The molecule has 0 bridgehead atoms. The highest BCUT2D eigenvalue weighted by Gasteiger charge is 2.29. The van der Waals surface area contributed by atoms with Crippen LogP contribution in [0, 0.1) is 0 Å². The van der Waals surface area contributed by atoms with Crippen molar-refractivity contribution in [1.29, 1.82) is 0 Å². The molecule has 1 aliphatic heterocycles. The second kappa shape index (κ2) is 3.66. The van der Waals surface area contributed by atoms with Gasteiger partial charge < -0.3 is 4.74 Å². The molecule has 3 nitrogen and oxygen atoms in total. The van der Waals surface area contributed by atoms with Crippen molar-refractivity contribution in [3.63, 3.8) is 0 Å². The zero-order valence-corrected chi connectivity index (χ0v) is 9.21. The summed E-state index contributed by atoms with van der Waals surface area (Å²) in [5.74, 6) is -0.0532. The standard InChI is InChI=1S/C11H10ClNO2/c1-6(2)13-10-9-7(11(14)15-10)4-3-5-8(9)12/h3-6H,1-2H3/b13-10-. The number of rotatable bonds is 1. The van der Waals surface area contributed by atoms with Crippen LogP contribution in [-0.4, -0.2) is 17.9 Å². The molecular formula is C11H10ClNO2. The molecule has 0 aromatic heterocycles. The number of aliphatic imine (C=N–C) groups is 1. The van der Waals surface area contributed by atoms with E-state index in [1.807, 2.05) is 13.8 Å². The van der Waals surface area contributed by atoms with Crippen LogP contribution in [0.5, 0.6) is 0 Å². The van der Waals surface area contributed by atoms with Crippen LogP contribution in [0.2, 0.25) is 5.02 Å². The molecule has 0 atom stereocenters. The van der Waals surface area contributed by atoms with Gasteiger partial charge in [-0.25, -0.2) is 9.79 Å². The number of fused-ring (bicyclic) bond motifs is 1. The third kappa shape index (κ3) is 1.75. The molecule has 0 spiro atoms. The fourth-order valence-corrected chi connectivity index (χ4v) is 1.69. The minimum absolute atomic E-state index is 0.0648. The molecule has 1 aromatic rings. The minimum Gasteiger partial charge on any atom is -0.403 e. The monoisotopic (exact) mass is 223 g/mol. The largest absolute Gasteiger partial charge is 0.403 e. The predicted molar refractivity (Wildman–Crippen MR) is 58.5 cm³/mol. The van der Waals surface area contributed by atoms with E-state index in [2.05, 4.69) is 4.99 Å². The fourth-order valence-electron chi connectivity index (χ4n) is 1.43. The second-order valence-corrected chi connectivity index (χ2v) is 3.99. The van der Waals surface area contributed by atoms with E-state index in [0.717, 1.165) is 0 Å². The van der Waals surface area contributed by atoms with Gasteiger partial charge in [0.1, 0.15) is 0 Å². The van der Waals surface area contributed by atoms with Crippen LogP contribution in [-0.2, 0) is 4.74 Å². The van der Waals surface area contributed by atoms with Crippen LogP contribution in [0.3, 0.4) is 0 Å². The Morgan fingerprint density at radius 3 is 2.80 bits per heavy atom. The lowest BCUT2D eigenvalue weighted by Gasteiger charge is -2.01. The first-order valence-corrected chi connectivity index (χ1v) is 5.06. The van der Waals surface area contributed by atoms with Crippen molar-refractivity contribution in [2.75, 3.05) is 0 Å². The number of halogens is 1. The first-order chi connectivity index (χ1) is 7.09. The average Bonchev–Trinajstić information content (AvgIpc) is 2.44. The maximum atomic E-state index is 11.4. The van der Waals surface area contributed by atoms with Gasteiger partial charge in [0.25, 0.3) is 0 Å². The molecule has 0 radical (unpaired) electrons. The normalized spacial score (nSPS) is 17.1. The molecule has 1 aromatic carbocycles. The van der Waals surface area contributed by atoms with Crippen LogP contribution in [0.25, 0.3) is 0 Å². The van der Waals surface area contributed by atoms with Gasteiger partial charge in [-0.05, 0) is 26.0 Å². The molecular weight excluding hydrogens is 214 g/mol. The van der Waals surface area contributed by atoms with Gasteiger partial charge in [0, 0.05) is 6.04 Å². The van der Waals surface area contributed by atoms with Crippen molar-refractivity contribution in [2.24, 2.45) is 4.99 Å². The summed E-state index contributed by atoms with van der Waals surface area (Å²) in [7, 11) is 0. The van der Waals surface area contributed by atoms with Crippen molar-refractivity contribution < 1.29 is 9.53 Å². The first-order valence-electron chi connectivity index (χ1n) is 4.68. The maximum Gasteiger partial charge on any atom is 0.345 e. The van der Waals surface area contributed by atoms with E-state index < -0.39 is 0 Å². The van der Waals surface area contributed by atoms with Crippen LogP contribution in [0.4, 0.5) is 0 Å². The highest BCUT2D eigenvalue weighted by Crippen LogP contribution is 2.27. The van der Waals surface area contributed by atoms with Gasteiger partial charge in [0.05, 0.1) is 16.1 Å². The summed E-state index contributed by atoms with van der Waals surface area (Å²) in [4.78, 5) is 15.7. The Kier molecular flexibility index (Phi) is 2.49. The lowest BCUT2D eigenvalue weighted by atomic mass is 10.1. The van der Waals surface area contributed by atoms with E-state index in [-0.39, 0.29) is 12.0 Å². The average molecular weight is 224 g/mol. The lowest BCUT2D eigenvalue weighted by Crippen LogP contribution is -2.04. The smallest absolute Gasteiger partial charge is 0.345 e. The van der Waals surface area contributed by atoms with Gasteiger partial charge in [0.2, 0.25) is 5.90 Å². The number of nitrogens with zero attached hydrogens (tertiary/aromatic N) is 1. The van der Waals surface area contributed by atoms with Crippen LogP contribution < -0.4 is 0 Å². The Labute approximate surface area is 92.7 Å². The topological polar surface area (TPSA) is 38.7 Å². The number of hydrogen-bond donors (Lipinski definition) is 0. The van der Waals surface area contributed by atoms with E-state index in [0.29, 0.717) is 22.0 Å². The zero-order valence-electron chi connectivity index (χ0n) is 8.45. The van der Waals surface area contributed by atoms with Crippen LogP contribution in [0.15, 0.2) is 23.2 Å². The van der Waals surface area contributed by atoms with E-state index in [1.54, 1.807) is 18.2 Å². The molecule has 0 aliphatic carbocycles. The molecule has 0 N–H and O–H groups in total. The fraction of sp³-hybridized carbons (Fsp3) is 0.273. The Balaban J connectivity index is 2.58. The summed E-state index contributed by atoms with van der Waals surface area (Å²) in [5, 5.41) is 0.498. The Bertz CT molecular complexity index is 452. The van der Waals surface area contributed by atoms with Crippen molar-refractivity contribution in [3.05, 3.63) is 34.3 Å². The lowest BCUT2D eigenvalue weighted by molar-refractivity contribution is 0.0736. The molecule has 4 heteroatoms. The van der Waals surface area contributed by atoms with Crippen molar-refractivity contribution in [1.82, 2.24) is 0 Å². The van der Waals surface area contributed by atoms with E-state index in [1.165, 1.54) is 0 Å². The van der Waals surface area contributed by atoms with Crippen molar-refractivity contribution >= 4 is 23.5 Å². The van der Waals surface area contributed by atoms with Gasteiger partial charge in [-0.15, -0.1) is 0 Å². The zero-order chi connectivity index (χ0) is 11.0. The quantitative estimate of drug-likeness (QED) is 0.687. The van der Waals surface area contributed by atoms with Crippen molar-refractivity contribution in [3.8, 4) is 0 Å². The molecule has 1 aliphatic rings. The number of carbonyl (C=O) groups excluding carboxylic acids is 1. The molecule has 78 valence electrons. The summed E-state index contributed by atoms with van der Waals surface area (Å²) in [6, 6.07) is 5.20. The molecule has 0 fully saturated rings. The number of ether oxygens (including phenoxy) is 1. The maximum absolute atomic E-state index is 11.4. The summed E-state index contributed by atoms with van der Waals surface area (Å²) in [6.45, 7) is 3.82. The number of esters is 1. The minimum atomic E-state index is -0.382. The predicted octanol–water partition coefficient (Wildman–Crippen LogP) is 2.67. The third-order valence-electron chi connectivity index (χ3n) is 2.01. The Morgan fingerprint density at radius 1 is 1.40 bits per heavy atom. The van der Waals surface area contributed by atoms with Gasteiger partial charge in [0.15, 0.2) is 0 Å². The van der Waals surface area contributed by atoms with Gasteiger partial charge in [-0.2, -0.15) is 0 Å². The molecule has 0 amide bonds. The number of hydrogen-bond acceptors (Lipinski definition) is 3. The molecule has 0 unspecified atom stereocenters. The molecule has 2 rings (SSSR count). The van der Waals surface area contributed by atoms with Gasteiger partial charge >= 0.3 is 5.97 Å². The van der Waals surface area contributed by atoms with Crippen molar-refractivity contribution in [2.45, 2.75) is 19.9 Å². The number of carbonyl (C=O) groups is 1. The summed E-state index contributed by atoms with van der Waals surface area (Å²) < 4.78 is 5.05. The molecule has 15 heavy (non-hydrogen) atoms. The molecule has 0 saturated heterocycles. The summed E-state index contributed by atoms with van der Waals surface area (Å²) >= 11 is 6.00. The summed E-state index contributed by atoms with van der Waals surface area (Å²) in [6.07, 6.45) is 0. The van der Waals surface area contributed by atoms with Crippen LogP contribution >= 0.6 is 11.6 Å². The van der Waals surface area contributed by atoms with E-state index in [4.69, 9.17) is 16.3 Å². The SMILES string of the molecule is CC(C)/N=C1\OC(=O)c2cccc(Cl)c21. The Hall–Kier alpha value is -1.35. The van der Waals surface area contributed by atoms with Gasteiger partial charge in [-0.3, -0.25) is 0 Å². The summed E-state index contributed by atoms with van der Waals surface area (Å²) in [5.41, 5.74) is 1.10.